The van der Waals surface area contributed by atoms with Crippen LogP contribution in [0.1, 0.15) is 17.3 Å². The van der Waals surface area contributed by atoms with Gasteiger partial charge in [0.05, 0.1) is 11.4 Å². The Labute approximate surface area is 154 Å². The third kappa shape index (κ3) is 3.94. The second kappa shape index (κ2) is 7.70. The van der Waals surface area contributed by atoms with Crippen molar-refractivity contribution in [3.63, 3.8) is 0 Å². The summed E-state index contributed by atoms with van der Waals surface area (Å²) in [5, 5.41) is 0. The number of halogens is 1. The summed E-state index contributed by atoms with van der Waals surface area (Å²) in [6.45, 7) is 1.18. The minimum Gasteiger partial charge on any atom is -0.453 e. The van der Waals surface area contributed by atoms with Gasteiger partial charge in [0.2, 0.25) is 11.7 Å². The van der Waals surface area contributed by atoms with Crippen molar-refractivity contribution in [2.24, 2.45) is 0 Å². The van der Waals surface area contributed by atoms with Gasteiger partial charge in [-0.1, -0.05) is 12.1 Å². The van der Waals surface area contributed by atoms with E-state index in [1.165, 1.54) is 47.9 Å². The average molecular weight is 373 g/mol. The van der Waals surface area contributed by atoms with E-state index in [0.717, 1.165) is 4.90 Å². The van der Waals surface area contributed by atoms with Gasteiger partial charge in [-0.25, -0.2) is 4.39 Å². The van der Waals surface area contributed by atoms with Gasteiger partial charge in [-0.15, -0.1) is 11.8 Å². The molecule has 1 heterocycles. The predicted octanol–water partition coefficient (Wildman–Crippen LogP) is 3.08. The second-order valence-corrected chi connectivity index (χ2v) is 6.76. The Hall–Kier alpha value is -2.67. The SMILES string of the molecule is C[C@H](OC(=O)CN1C(=O)CSc2ccccc21)C(=O)c1ccc(F)cc1. The van der Waals surface area contributed by atoms with E-state index in [2.05, 4.69) is 0 Å². The fourth-order valence-electron chi connectivity index (χ4n) is 2.59. The molecule has 0 bridgehead atoms. The highest BCUT2D eigenvalue weighted by Gasteiger charge is 2.28. The zero-order chi connectivity index (χ0) is 18.7. The van der Waals surface area contributed by atoms with Gasteiger partial charge in [-0.05, 0) is 43.3 Å². The summed E-state index contributed by atoms with van der Waals surface area (Å²) in [5.41, 5.74) is 0.908. The van der Waals surface area contributed by atoms with E-state index >= 15 is 0 Å². The molecule has 134 valence electrons. The van der Waals surface area contributed by atoms with Crippen LogP contribution in [-0.4, -0.2) is 36.1 Å². The van der Waals surface area contributed by atoms with Crippen molar-refractivity contribution in [1.82, 2.24) is 0 Å². The molecular weight excluding hydrogens is 357 g/mol. The van der Waals surface area contributed by atoms with Crippen LogP contribution in [0.5, 0.6) is 0 Å². The summed E-state index contributed by atoms with van der Waals surface area (Å²) < 4.78 is 18.1. The first-order valence-corrected chi connectivity index (χ1v) is 8.95. The molecule has 1 atom stereocenters. The zero-order valence-corrected chi connectivity index (χ0v) is 14.8. The smallest absolute Gasteiger partial charge is 0.326 e. The van der Waals surface area contributed by atoms with Crippen molar-refractivity contribution in [1.29, 1.82) is 0 Å². The second-order valence-electron chi connectivity index (χ2n) is 5.74. The topological polar surface area (TPSA) is 63.7 Å². The van der Waals surface area contributed by atoms with Crippen LogP contribution in [0.25, 0.3) is 0 Å². The maximum Gasteiger partial charge on any atom is 0.326 e. The Morgan fingerprint density at radius 3 is 2.62 bits per heavy atom. The molecular formula is C19H16FNO4S. The first-order valence-electron chi connectivity index (χ1n) is 7.97. The zero-order valence-electron chi connectivity index (χ0n) is 14.0. The highest BCUT2D eigenvalue weighted by atomic mass is 32.2. The Kier molecular flexibility index (Phi) is 5.37. The molecule has 2 aromatic carbocycles. The van der Waals surface area contributed by atoms with E-state index in [1.807, 2.05) is 12.1 Å². The molecule has 1 amide bonds. The van der Waals surface area contributed by atoms with Crippen molar-refractivity contribution < 1.29 is 23.5 Å². The molecule has 2 aromatic rings. The highest BCUT2D eigenvalue weighted by molar-refractivity contribution is 8.00. The van der Waals surface area contributed by atoms with Gasteiger partial charge in [0, 0.05) is 10.5 Å². The summed E-state index contributed by atoms with van der Waals surface area (Å²) in [6.07, 6.45) is -1.03. The molecule has 7 heteroatoms. The molecule has 0 saturated heterocycles. The summed E-state index contributed by atoms with van der Waals surface area (Å²) in [6, 6.07) is 12.3. The van der Waals surface area contributed by atoms with Crippen molar-refractivity contribution in [2.75, 3.05) is 17.2 Å². The lowest BCUT2D eigenvalue weighted by Gasteiger charge is -2.28. The number of hydrogen-bond donors (Lipinski definition) is 0. The molecule has 5 nitrogen and oxygen atoms in total. The van der Waals surface area contributed by atoms with Crippen LogP contribution in [0.2, 0.25) is 0 Å². The third-order valence-corrected chi connectivity index (χ3v) is 4.95. The average Bonchev–Trinajstić information content (AvgIpc) is 2.64. The number of ketones is 1. The molecule has 3 rings (SSSR count). The first kappa shape index (κ1) is 18.1. The van der Waals surface area contributed by atoms with Gasteiger partial charge in [-0.3, -0.25) is 19.3 Å². The molecule has 0 unspecified atom stereocenters. The minimum atomic E-state index is -1.03. The van der Waals surface area contributed by atoms with Crippen LogP contribution in [-0.2, 0) is 14.3 Å². The molecule has 0 aromatic heterocycles. The molecule has 0 spiro atoms. The molecule has 1 aliphatic rings. The van der Waals surface area contributed by atoms with Gasteiger partial charge >= 0.3 is 5.97 Å². The summed E-state index contributed by atoms with van der Waals surface area (Å²) in [7, 11) is 0. The van der Waals surface area contributed by atoms with Gasteiger partial charge in [0.15, 0.2) is 6.10 Å². The maximum absolute atomic E-state index is 12.9. The first-order chi connectivity index (χ1) is 12.5. The van der Waals surface area contributed by atoms with Gasteiger partial charge in [0.1, 0.15) is 12.4 Å². The van der Waals surface area contributed by atoms with Gasteiger partial charge in [0.25, 0.3) is 0 Å². The number of anilines is 1. The van der Waals surface area contributed by atoms with Crippen LogP contribution in [0.4, 0.5) is 10.1 Å². The number of para-hydroxylation sites is 1. The third-order valence-electron chi connectivity index (χ3n) is 3.90. The Bertz CT molecular complexity index is 853. The largest absolute Gasteiger partial charge is 0.453 e. The van der Waals surface area contributed by atoms with Crippen LogP contribution in [0, 0.1) is 5.82 Å². The van der Waals surface area contributed by atoms with Crippen molar-refractivity contribution in [3.8, 4) is 0 Å². The van der Waals surface area contributed by atoms with E-state index in [4.69, 9.17) is 4.74 Å². The molecule has 0 radical (unpaired) electrons. The number of fused-ring (bicyclic) bond motifs is 1. The number of carbonyl (C=O) groups is 3. The quantitative estimate of drug-likeness (QED) is 0.595. The van der Waals surface area contributed by atoms with E-state index in [-0.39, 0.29) is 23.8 Å². The predicted molar refractivity (Wildman–Crippen MR) is 95.8 cm³/mol. The summed E-state index contributed by atoms with van der Waals surface area (Å²) in [4.78, 5) is 38.9. The van der Waals surface area contributed by atoms with Crippen molar-refractivity contribution in [2.45, 2.75) is 17.9 Å². The number of esters is 1. The lowest BCUT2D eigenvalue weighted by Crippen LogP contribution is -2.41. The highest BCUT2D eigenvalue weighted by Crippen LogP contribution is 2.34. The van der Waals surface area contributed by atoms with Crippen molar-refractivity contribution in [3.05, 3.63) is 59.9 Å². The van der Waals surface area contributed by atoms with E-state index in [0.29, 0.717) is 5.69 Å². The lowest BCUT2D eigenvalue weighted by atomic mass is 10.1. The Morgan fingerprint density at radius 2 is 1.88 bits per heavy atom. The summed E-state index contributed by atoms with van der Waals surface area (Å²) in [5.74, 6) is -1.51. The molecule has 1 aliphatic heterocycles. The number of rotatable bonds is 5. The standard InChI is InChI=1S/C19H16FNO4S/c1-12(19(24)13-6-8-14(20)9-7-13)25-18(23)10-21-15-4-2-3-5-16(15)26-11-17(21)22/h2-9,12H,10-11H2,1H3/t12-/m0/s1. The normalized spacial score (nSPS) is 14.5. The van der Waals surface area contributed by atoms with Crippen LogP contribution >= 0.6 is 11.8 Å². The molecule has 0 aliphatic carbocycles. The summed E-state index contributed by atoms with van der Waals surface area (Å²) >= 11 is 1.42. The number of ether oxygens (including phenoxy) is 1. The van der Waals surface area contributed by atoms with E-state index in [9.17, 15) is 18.8 Å². The van der Waals surface area contributed by atoms with E-state index < -0.39 is 23.7 Å². The Balaban J connectivity index is 1.66. The molecule has 0 saturated carbocycles. The van der Waals surface area contributed by atoms with E-state index in [1.54, 1.807) is 12.1 Å². The maximum atomic E-state index is 12.9. The minimum absolute atomic E-state index is 0.192. The van der Waals surface area contributed by atoms with Crippen molar-refractivity contribution >= 4 is 35.1 Å². The number of carbonyl (C=O) groups excluding carboxylic acids is 3. The number of nitrogens with zero attached hydrogens (tertiary/aromatic N) is 1. The number of Topliss-reactive ketones (excluding diaryl/α,β-unsaturated/α-hetero) is 1. The number of hydrogen-bond acceptors (Lipinski definition) is 5. The van der Waals surface area contributed by atoms with Crippen LogP contribution in [0.3, 0.4) is 0 Å². The van der Waals surface area contributed by atoms with Crippen LogP contribution < -0.4 is 4.90 Å². The number of thioether (sulfide) groups is 1. The van der Waals surface area contributed by atoms with Gasteiger partial charge in [-0.2, -0.15) is 0 Å². The fourth-order valence-corrected chi connectivity index (χ4v) is 3.53. The van der Waals surface area contributed by atoms with Crippen LogP contribution in [0.15, 0.2) is 53.4 Å². The number of amides is 1. The molecule has 0 fully saturated rings. The lowest BCUT2D eigenvalue weighted by molar-refractivity contribution is -0.145. The fraction of sp³-hybridized carbons (Fsp3) is 0.211. The van der Waals surface area contributed by atoms with Gasteiger partial charge < -0.3 is 4.74 Å². The number of benzene rings is 2. The molecule has 0 N–H and O–H groups in total. The Morgan fingerprint density at radius 1 is 1.19 bits per heavy atom. The molecule has 26 heavy (non-hydrogen) atoms. The monoisotopic (exact) mass is 373 g/mol.